The summed E-state index contributed by atoms with van der Waals surface area (Å²) >= 11 is 1.37. The van der Waals surface area contributed by atoms with Crippen molar-refractivity contribution in [1.82, 2.24) is 19.5 Å². The Morgan fingerprint density at radius 1 is 1.10 bits per heavy atom. The Morgan fingerprint density at radius 2 is 1.90 bits per heavy atom. The van der Waals surface area contributed by atoms with Gasteiger partial charge < -0.3 is 0 Å². The van der Waals surface area contributed by atoms with Gasteiger partial charge in [0, 0.05) is 17.3 Å². The van der Waals surface area contributed by atoms with Crippen molar-refractivity contribution in [2.45, 2.75) is 26.2 Å². The van der Waals surface area contributed by atoms with E-state index < -0.39 is 0 Å². The van der Waals surface area contributed by atoms with Gasteiger partial charge in [-0.3, -0.25) is 19.7 Å². The highest BCUT2D eigenvalue weighted by Gasteiger charge is 2.17. The predicted molar refractivity (Wildman–Crippen MR) is 116 cm³/mol. The number of nitrogens with one attached hydrogen (secondary N) is 1. The second-order valence-corrected chi connectivity index (χ2v) is 8.51. The Morgan fingerprint density at radius 3 is 2.66 bits per heavy atom. The molecule has 0 radical (unpaired) electrons. The monoisotopic (exact) mass is 403 g/mol. The van der Waals surface area contributed by atoms with Crippen molar-refractivity contribution in [3.63, 3.8) is 0 Å². The number of hydrogen-bond donors (Lipinski definition) is 1. The van der Waals surface area contributed by atoms with Gasteiger partial charge >= 0.3 is 0 Å². The average molecular weight is 404 g/mol. The molecule has 3 heterocycles. The number of hydrogen-bond acceptors (Lipinski definition) is 5. The molecule has 0 unspecified atom stereocenters. The standard InChI is InChI=1S/C22H21N5OS/c1-22(2,3)15-9-10-24-17(11-15)18-13-29-21(25-18)26-20(28)19-12-23-14-27(19)16-7-5-4-6-8-16/h4-14H,1-3H3,(H,25,26,28). The number of amides is 1. The lowest BCUT2D eigenvalue weighted by atomic mass is 9.87. The van der Waals surface area contributed by atoms with Gasteiger partial charge in [-0.2, -0.15) is 0 Å². The first-order valence-electron chi connectivity index (χ1n) is 9.23. The number of carbonyl (C=O) groups excluding carboxylic acids is 1. The number of nitrogens with zero attached hydrogens (tertiary/aromatic N) is 4. The topological polar surface area (TPSA) is 72.7 Å². The fourth-order valence-electron chi connectivity index (χ4n) is 2.90. The average Bonchev–Trinajstić information content (AvgIpc) is 3.38. The summed E-state index contributed by atoms with van der Waals surface area (Å²) in [6.07, 6.45) is 4.97. The molecule has 3 aromatic heterocycles. The molecule has 0 bridgehead atoms. The number of benzene rings is 1. The first kappa shape index (κ1) is 19.0. The van der Waals surface area contributed by atoms with Crippen LogP contribution in [0.3, 0.4) is 0 Å². The maximum Gasteiger partial charge on any atom is 0.276 e. The van der Waals surface area contributed by atoms with Crippen molar-refractivity contribution < 1.29 is 4.79 Å². The van der Waals surface area contributed by atoms with Crippen LogP contribution in [0.5, 0.6) is 0 Å². The van der Waals surface area contributed by atoms with Crippen LogP contribution >= 0.6 is 11.3 Å². The predicted octanol–water partition coefficient (Wildman–Crippen LogP) is 4.94. The third-order valence-electron chi connectivity index (χ3n) is 4.52. The molecule has 0 aliphatic carbocycles. The Hall–Kier alpha value is -3.32. The summed E-state index contributed by atoms with van der Waals surface area (Å²) in [4.78, 5) is 25.9. The number of rotatable bonds is 4. The molecule has 0 spiro atoms. The minimum atomic E-state index is -0.261. The molecule has 0 saturated carbocycles. The number of anilines is 1. The summed E-state index contributed by atoms with van der Waals surface area (Å²) < 4.78 is 1.75. The number of para-hydroxylation sites is 1. The van der Waals surface area contributed by atoms with Gasteiger partial charge in [0.15, 0.2) is 5.13 Å². The zero-order chi connectivity index (χ0) is 20.4. The van der Waals surface area contributed by atoms with E-state index in [1.54, 1.807) is 23.3 Å². The van der Waals surface area contributed by atoms with Crippen LogP contribution in [-0.2, 0) is 5.41 Å². The molecule has 0 saturated heterocycles. The van der Waals surface area contributed by atoms with Gasteiger partial charge in [-0.1, -0.05) is 39.0 Å². The van der Waals surface area contributed by atoms with Crippen LogP contribution in [0.25, 0.3) is 17.1 Å². The van der Waals surface area contributed by atoms with Crippen LogP contribution in [0.2, 0.25) is 0 Å². The summed E-state index contributed by atoms with van der Waals surface area (Å²) in [5.41, 5.74) is 4.07. The Kier molecular flexibility index (Phi) is 4.98. The van der Waals surface area contributed by atoms with Crippen LogP contribution in [0.15, 0.2) is 66.6 Å². The lowest BCUT2D eigenvalue weighted by Gasteiger charge is -2.18. The van der Waals surface area contributed by atoms with Gasteiger partial charge in [0.25, 0.3) is 5.91 Å². The largest absolute Gasteiger partial charge is 0.296 e. The highest BCUT2D eigenvalue weighted by Crippen LogP contribution is 2.28. The van der Waals surface area contributed by atoms with E-state index in [1.807, 2.05) is 47.8 Å². The molecule has 1 N–H and O–H groups in total. The molecule has 29 heavy (non-hydrogen) atoms. The summed E-state index contributed by atoms with van der Waals surface area (Å²) in [5.74, 6) is -0.261. The van der Waals surface area contributed by atoms with Gasteiger partial charge in [0.1, 0.15) is 11.4 Å². The van der Waals surface area contributed by atoms with Gasteiger partial charge in [-0.05, 0) is 35.2 Å². The maximum atomic E-state index is 12.8. The number of aromatic nitrogens is 4. The van der Waals surface area contributed by atoms with Gasteiger partial charge in [-0.15, -0.1) is 11.3 Å². The minimum Gasteiger partial charge on any atom is -0.296 e. The van der Waals surface area contributed by atoms with E-state index in [0.29, 0.717) is 10.8 Å². The normalized spacial score (nSPS) is 11.4. The lowest BCUT2D eigenvalue weighted by molar-refractivity contribution is 0.102. The van der Waals surface area contributed by atoms with Gasteiger partial charge in [-0.25, -0.2) is 9.97 Å². The molecular formula is C22H21N5OS. The molecule has 0 aliphatic heterocycles. The zero-order valence-corrected chi connectivity index (χ0v) is 17.3. The van der Waals surface area contributed by atoms with Crippen LogP contribution in [0.4, 0.5) is 5.13 Å². The summed E-state index contributed by atoms with van der Waals surface area (Å²) in [5, 5.41) is 5.29. The van der Waals surface area contributed by atoms with E-state index in [-0.39, 0.29) is 11.3 Å². The Balaban J connectivity index is 1.55. The molecule has 4 rings (SSSR count). The van der Waals surface area contributed by atoms with Crippen LogP contribution < -0.4 is 5.32 Å². The van der Waals surface area contributed by atoms with Crippen LogP contribution in [-0.4, -0.2) is 25.4 Å². The van der Waals surface area contributed by atoms with E-state index >= 15 is 0 Å². The number of thiazole rings is 1. The highest BCUT2D eigenvalue weighted by atomic mass is 32.1. The summed E-state index contributed by atoms with van der Waals surface area (Å²) in [6, 6.07) is 13.7. The van der Waals surface area contributed by atoms with Crippen LogP contribution in [0.1, 0.15) is 36.8 Å². The molecule has 0 fully saturated rings. The third-order valence-corrected chi connectivity index (χ3v) is 5.28. The minimum absolute atomic E-state index is 0.0284. The smallest absolute Gasteiger partial charge is 0.276 e. The molecule has 7 heteroatoms. The van der Waals surface area contributed by atoms with Crippen molar-refractivity contribution >= 4 is 22.4 Å². The number of pyridine rings is 1. The second-order valence-electron chi connectivity index (χ2n) is 7.66. The fourth-order valence-corrected chi connectivity index (χ4v) is 3.60. The van der Waals surface area contributed by atoms with Crippen LogP contribution in [0, 0.1) is 0 Å². The van der Waals surface area contributed by atoms with E-state index in [1.165, 1.54) is 16.9 Å². The number of carbonyl (C=O) groups is 1. The second kappa shape index (κ2) is 7.60. The molecular weight excluding hydrogens is 382 g/mol. The van der Waals surface area contributed by atoms with E-state index in [2.05, 4.69) is 41.0 Å². The summed E-state index contributed by atoms with van der Waals surface area (Å²) in [6.45, 7) is 6.48. The Bertz CT molecular complexity index is 1140. The fraction of sp³-hybridized carbons (Fsp3) is 0.182. The Labute approximate surface area is 173 Å². The molecule has 146 valence electrons. The van der Waals surface area contributed by atoms with E-state index in [4.69, 9.17) is 0 Å². The molecule has 4 aromatic rings. The first-order chi connectivity index (χ1) is 13.9. The first-order valence-corrected chi connectivity index (χ1v) is 10.1. The third kappa shape index (κ3) is 4.09. The number of imidazole rings is 1. The molecule has 1 amide bonds. The molecule has 6 nitrogen and oxygen atoms in total. The van der Waals surface area contributed by atoms with Gasteiger partial charge in [0.05, 0.1) is 18.2 Å². The van der Waals surface area contributed by atoms with Crippen molar-refractivity contribution in [2.24, 2.45) is 0 Å². The van der Waals surface area contributed by atoms with Crippen molar-refractivity contribution in [1.29, 1.82) is 0 Å². The SMILES string of the molecule is CC(C)(C)c1ccnc(-c2csc(NC(=O)c3cncn3-c3ccccc3)n2)c1. The molecule has 0 atom stereocenters. The quantitative estimate of drug-likeness (QED) is 0.524. The van der Waals surface area contributed by atoms with E-state index in [9.17, 15) is 4.79 Å². The highest BCUT2D eigenvalue weighted by molar-refractivity contribution is 7.14. The summed E-state index contributed by atoms with van der Waals surface area (Å²) in [7, 11) is 0. The maximum absolute atomic E-state index is 12.8. The van der Waals surface area contributed by atoms with Crippen molar-refractivity contribution in [3.8, 4) is 17.1 Å². The lowest BCUT2D eigenvalue weighted by Crippen LogP contribution is -2.16. The van der Waals surface area contributed by atoms with Gasteiger partial charge in [0.2, 0.25) is 0 Å². The molecule has 0 aliphatic rings. The van der Waals surface area contributed by atoms with E-state index in [0.717, 1.165) is 17.1 Å². The molecule has 1 aromatic carbocycles. The van der Waals surface area contributed by atoms with Crippen molar-refractivity contribution in [3.05, 3.63) is 77.8 Å². The van der Waals surface area contributed by atoms with Crippen molar-refractivity contribution in [2.75, 3.05) is 5.32 Å². The zero-order valence-electron chi connectivity index (χ0n) is 16.5.